The molecule has 1 atom stereocenters. The van der Waals surface area contributed by atoms with Gasteiger partial charge in [-0.3, -0.25) is 9.78 Å². The number of carbonyl (C=O) groups is 2. The number of carboxylic acids is 1. The van der Waals surface area contributed by atoms with Crippen molar-refractivity contribution in [2.75, 3.05) is 0 Å². The number of pyridine rings is 1. The number of fused-ring (bicyclic) bond motifs is 1. The standard InChI is InChI=1S/C17H20N2O3/c1-3-4-8-15(17(21)22)19-16(20)13-10-11(2)18-14-9-6-5-7-12(13)14/h5-7,9-10,15H,3-4,8H2,1-2H3,(H,19,20)(H,21,22)/t15-/m0/s1. The van der Waals surface area contributed by atoms with Crippen molar-refractivity contribution in [3.8, 4) is 0 Å². The van der Waals surface area contributed by atoms with Crippen molar-refractivity contribution in [3.63, 3.8) is 0 Å². The first-order chi connectivity index (χ1) is 10.5. The summed E-state index contributed by atoms with van der Waals surface area (Å²) < 4.78 is 0. The van der Waals surface area contributed by atoms with Crippen LogP contribution in [0.1, 0.15) is 42.2 Å². The van der Waals surface area contributed by atoms with Crippen molar-refractivity contribution in [1.82, 2.24) is 10.3 Å². The molecule has 0 fully saturated rings. The van der Waals surface area contributed by atoms with Crippen LogP contribution in [0.25, 0.3) is 10.9 Å². The fourth-order valence-electron chi connectivity index (χ4n) is 2.40. The number of amides is 1. The average Bonchev–Trinajstić information content (AvgIpc) is 2.49. The maximum atomic E-state index is 12.5. The van der Waals surface area contributed by atoms with Crippen LogP contribution in [0.15, 0.2) is 30.3 Å². The SMILES string of the molecule is CCCC[C@H](NC(=O)c1cc(C)nc2ccccc12)C(=O)O. The number of nitrogens with one attached hydrogen (secondary N) is 1. The summed E-state index contributed by atoms with van der Waals surface area (Å²) in [4.78, 5) is 28.1. The van der Waals surface area contributed by atoms with E-state index in [2.05, 4.69) is 10.3 Å². The first-order valence-corrected chi connectivity index (χ1v) is 7.43. The number of unbranched alkanes of at least 4 members (excludes halogenated alkanes) is 1. The van der Waals surface area contributed by atoms with E-state index in [-0.39, 0.29) is 5.91 Å². The molecule has 22 heavy (non-hydrogen) atoms. The number of rotatable bonds is 6. The third-order valence-electron chi connectivity index (χ3n) is 3.54. The van der Waals surface area contributed by atoms with Gasteiger partial charge in [0.25, 0.3) is 5.91 Å². The molecular weight excluding hydrogens is 280 g/mol. The first kappa shape index (κ1) is 15.9. The van der Waals surface area contributed by atoms with Crippen LogP contribution in [0.2, 0.25) is 0 Å². The Morgan fingerprint density at radius 1 is 1.32 bits per heavy atom. The zero-order chi connectivity index (χ0) is 16.1. The lowest BCUT2D eigenvalue weighted by molar-refractivity contribution is -0.139. The van der Waals surface area contributed by atoms with Gasteiger partial charge in [0.15, 0.2) is 0 Å². The average molecular weight is 300 g/mol. The largest absolute Gasteiger partial charge is 0.480 e. The minimum absolute atomic E-state index is 0.370. The molecule has 2 N–H and O–H groups in total. The second-order valence-electron chi connectivity index (χ2n) is 5.33. The van der Waals surface area contributed by atoms with Crippen LogP contribution in [-0.2, 0) is 4.79 Å². The molecule has 0 unspecified atom stereocenters. The predicted molar refractivity (Wildman–Crippen MR) is 84.9 cm³/mol. The second-order valence-corrected chi connectivity index (χ2v) is 5.33. The highest BCUT2D eigenvalue weighted by Crippen LogP contribution is 2.18. The minimum atomic E-state index is -1.00. The number of aromatic nitrogens is 1. The van der Waals surface area contributed by atoms with Crippen molar-refractivity contribution in [2.45, 2.75) is 39.2 Å². The van der Waals surface area contributed by atoms with Crippen molar-refractivity contribution < 1.29 is 14.7 Å². The van der Waals surface area contributed by atoms with Crippen LogP contribution in [0, 0.1) is 6.92 Å². The summed E-state index contributed by atoms with van der Waals surface area (Å²) in [5, 5.41) is 12.6. The molecule has 1 amide bonds. The number of carboxylic acid groups (broad SMARTS) is 1. The quantitative estimate of drug-likeness (QED) is 0.859. The Bertz CT molecular complexity index is 697. The monoisotopic (exact) mass is 300 g/mol. The molecule has 2 aromatic rings. The lowest BCUT2D eigenvalue weighted by Crippen LogP contribution is -2.40. The highest BCUT2D eigenvalue weighted by atomic mass is 16.4. The minimum Gasteiger partial charge on any atom is -0.480 e. The molecule has 0 radical (unpaired) electrons. The maximum absolute atomic E-state index is 12.5. The van der Waals surface area contributed by atoms with Crippen LogP contribution in [-0.4, -0.2) is 28.0 Å². The van der Waals surface area contributed by atoms with Crippen LogP contribution in [0.5, 0.6) is 0 Å². The van der Waals surface area contributed by atoms with Gasteiger partial charge in [0.1, 0.15) is 6.04 Å². The fourth-order valence-corrected chi connectivity index (χ4v) is 2.40. The maximum Gasteiger partial charge on any atom is 0.326 e. The Morgan fingerprint density at radius 3 is 2.73 bits per heavy atom. The summed E-state index contributed by atoms with van der Waals surface area (Å²) in [7, 11) is 0. The van der Waals surface area contributed by atoms with Gasteiger partial charge in [-0.2, -0.15) is 0 Å². The lowest BCUT2D eigenvalue weighted by Gasteiger charge is -2.15. The van der Waals surface area contributed by atoms with Gasteiger partial charge in [-0.15, -0.1) is 0 Å². The van der Waals surface area contributed by atoms with E-state index in [1.54, 1.807) is 6.07 Å². The number of para-hydroxylation sites is 1. The fraction of sp³-hybridized carbons (Fsp3) is 0.353. The van der Waals surface area contributed by atoms with Crippen molar-refractivity contribution in [2.24, 2.45) is 0 Å². The molecule has 2 rings (SSSR count). The van der Waals surface area contributed by atoms with Gasteiger partial charge >= 0.3 is 5.97 Å². The molecule has 0 saturated heterocycles. The van der Waals surface area contributed by atoms with E-state index in [0.717, 1.165) is 29.4 Å². The molecule has 0 aliphatic rings. The predicted octanol–water partition coefficient (Wildman–Crippen LogP) is 2.92. The third-order valence-corrected chi connectivity index (χ3v) is 3.54. The van der Waals surface area contributed by atoms with E-state index in [0.29, 0.717) is 12.0 Å². The number of benzene rings is 1. The summed E-state index contributed by atoms with van der Waals surface area (Å²) in [6.45, 7) is 3.80. The first-order valence-electron chi connectivity index (χ1n) is 7.43. The Kier molecular flexibility index (Phi) is 5.09. The van der Waals surface area contributed by atoms with E-state index < -0.39 is 12.0 Å². The smallest absolute Gasteiger partial charge is 0.326 e. The van der Waals surface area contributed by atoms with Crippen LogP contribution >= 0.6 is 0 Å². The molecule has 1 aromatic carbocycles. The molecule has 0 bridgehead atoms. The Hall–Kier alpha value is -2.43. The topological polar surface area (TPSA) is 79.3 Å². The normalized spacial score (nSPS) is 12.1. The zero-order valence-electron chi connectivity index (χ0n) is 12.8. The molecule has 5 heteroatoms. The summed E-state index contributed by atoms with van der Waals surface area (Å²) >= 11 is 0. The number of nitrogens with zero attached hydrogens (tertiary/aromatic N) is 1. The Labute approximate surface area is 129 Å². The number of hydrogen-bond donors (Lipinski definition) is 2. The van der Waals surface area contributed by atoms with Crippen LogP contribution in [0.3, 0.4) is 0 Å². The number of aryl methyl sites for hydroxylation is 1. The van der Waals surface area contributed by atoms with Gasteiger partial charge in [0.05, 0.1) is 11.1 Å². The summed E-state index contributed by atoms with van der Waals surface area (Å²) in [6, 6.07) is 8.18. The van der Waals surface area contributed by atoms with Crippen molar-refractivity contribution in [1.29, 1.82) is 0 Å². The highest BCUT2D eigenvalue weighted by Gasteiger charge is 2.21. The molecule has 0 saturated carbocycles. The Balaban J connectivity index is 2.30. The van der Waals surface area contributed by atoms with Crippen LogP contribution < -0.4 is 5.32 Å². The van der Waals surface area contributed by atoms with Gasteiger partial charge in [-0.25, -0.2) is 4.79 Å². The van der Waals surface area contributed by atoms with E-state index in [4.69, 9.17) is 0 Å². The summed E-state index contributed by atoms with van der Waals surface area (Å²) in [5.41, 5.74) is 1.92. The van der Waals surface area contributed by atoms with E-state index >= 15 is 0 Å². The second kappa shape index (κ2) is 7.02. The molecule has 0 aliphatic carbocycles. The molecule has 116 valence electrons. The lowest BCUT2D eigenvalue weighted by atomic mass is 10.1. The third kappa shape index (κ3) is 3.61. The van der Waals surface area contributed by atoms with Gasteiger partial charge in [-0.05, 0) is 25.5 Å². The highest BCUT2D eigenvalue weighted by molar-refractivity contribution is 6.07. The van der Waals surface area contributed by atoms with Crippen LogP contribution in [0.4, 0.5) is 0 Å². The number of hydrogen-bond acceptors (Lipinski definition) is 3. The molecule has 1 aromatic heterocycles. The van der Waals surface area contributed by atoms with E-state index in [1.807, 2.05) is 38.1 Å². The molecule has 0 spiro atoms. The van der Waals surface area contributed by atoms with Gasteiger partial charge in [-0.1, -0.05) is 38.0 Å². The zero-order valence-corrected chi connectivity index (χ0v) is 12.8. The van der Waals surface area contributed by atoms with Crippen molar-refractivity contribution >= 4 is 22.8 Å². The van der Waals surface area contributed by atoms with Gasteiger partial charge in [0.2, 0.25) is 0 Å². The molecule has 0 aliphatic heterocycles. The summed E-state index contributed by atoms with van der Waals surface area (Å²) in [6.07, 6.45) is 2.07. The van der Waals surface area contributed by atoms with Gasteiger partial charge < -0.3 is 10.4 Å². The van der Waals surface area contributed by atoms with Gasteiger partial charge in [0, 0.05) is 11.1 Å². The molecular formula is C17H20N2O3. The summed E-state index contributed by atoms with van der Waals surface area (Å²) in [5.74, 6) is -1.37. The number of carbonyl (C=O) groups excluding carboxylic acids is 1. The van der Waals surface area contributed by atoms with E-state index in [9.17, 15) is 14.7 Å². The Morgan fingerprint density at radius 2 is 2.05 bits per heavy atom. The molecule has 5 nitrogen and oxygen atoms in total. The molecule has 1 heterocycles. The van der Waals surface area contributed by atoms with E-state index in [1.165, 1.54) is 0 Å². The van der Waals surface area contributed by atoms with Crippen molar-refractivity contribution in [3.05, 3.63) is 41.6 Å². The number of aliphatic carboxylic acids is 1.